The van der Waals surface area contributed by atoms with Crippen molar-refractivity contribution in [3.05, 3.63) is 71.0 Å². The SMILES string of the molecule is CCN(Cc1cccc(F)c1)C(=O)c1cccc(CS(C)=O)c1. The molecule has 0 radical (unpaired) electrons. The van der Waals surface area contributed by atoms with Crippen LogP contribution in [-0.2, 0) is 23.1 Å². The Morgan fingerprint density at radius 2 is 1.83 bits per heavy atom. The predicted molar refractivity (Wildman–Crippen MR) is 91.0 cm³/mol. The molecule has 1 atom stereocenters. The summed E-state index contributed by atoms with van der Waals surface area (Å²) in [5.74, 6) is 0.0101. The van der Waals surface area contributed by atoms with Crippen LogP contribution in [0.3, 0.4) is 0 Å². The maximum Gasteiger partial charge on any atom is 0.254 e. The molecule has 0 N–H and O–H groups in total. The first-order valence-electron chi connectivity index (χ1n) is 7.42. The molecule has 3 nitrogen and oxygen atoms in total. The molecular formula is C18H20FNO2S. The average Bonchev–Trinajstić information content (AvgIpc) is 2.51. The van der Waals surface area contributed by atoms with E-state index in [2.05, 4.69) is 0 Å². The Labute approximate surface area is 138 Å². The number of amides is 1. The largest absolute Gasteiger partial charge is 0.335 e. The average molecular weight is 333 g/mol. The summed E-state index contributed by atoms with van der Waals surface area (Å²) in [4.78, 5) is 14.3. The van der Waals surface area contributed by atoms with E-state index in [0.717, 1.165) is 11.1 Å². The van der Waals surface area contributed by atoms with Crippen molar-refractivity contribution in [1.29, 1.82) is 0 Å². The van der Waals surface area contributed by atoms with Crippen molar-refractivity contribution >= 4 is 16.7 Å². The molecule has 0 saturated carbocycles. The zero-order valence-electron chi connectivity index (χ0n) is 13.3. The minimum atomic E-state index is -0.951. The fourth-order valence-electron chi connectivity index (χ4n) is 2.39. The molecule has 2 aromatic carbocycles. The highest BCUT2D eigenvalue weighted by Crippen LogP contribution is 2.13. The Bertz CT molecular complexity index is 718. The second-order valence-electron chi connectivity index (χ2n) is 5.37. The lowest BCUT2D eigenvalue weighted by molar-refractivity contribution is 0.0752. The summed E-state index contributed by atoms with van der Waals surface area (Å²) in [5, 5.41) is 0. The van der Waals surface area contributed by atoms with Gasteiger partial charge in [0.1, 0.15) is 5.82 Å². The van der Waals surface area contributed by atoms with Crippen LogP contribution in [-0.4, -0.2) is 27.8 Å². The van der Waals surface area contributed by atoms with Gasteiger partial charge in [-0.1, -0.05) is 24.3 Å². The summed E-state index contributed by atoms with van der Waals surface area (Å²) in [6.45, 7) is 2.78. The molecule has 1 amide bonds. The number of carbonyl (C=O) groups excluding carboxylic acids is 1. The van der Waals surface area contributed by atoms with Crippen LogP contribution >= 0.6 is 0 Å². The summed E-state index contributed by atoms with van der Waals surface area (Å²) < 4.78 is 24.6. The maximum atomic E-state index is 13.3. The zero-order valence-corrected chi connectivity index (χ0v) is 14.1. The summed E-state index contributed by atoms with van der Waals surface area (Å²) in [6.07, 6.45) is 1.64. The monoisotopic (exact) mass is 333 g/mol. The van der Waals surface area contributed by atoms with Crippen LogP contribution in [0.4, 0.5) is 4.39 Å². The van der Waals surface area contributed by atoms with E-state index in [9.17, 15) is 13.4 Å². The van der Waals surface area contributed by atoms with Gasteiger partial charge in [0, 0.05) is 41.5 Å². The van der Waals surface area contributed by atoms with E-state index in [1.807, 2.05) is 13.0 Å². The van der Waals surface area contributed by atoms with E-state index < -0.39 is 10.8 Å². The number of benzene rings is 2. The van der Waals surface area contributed by atoms with Crippen LogP contribution in [0.1, 0.15) is 28.4 Å². The van der Waals surface area contributed by atoms with E-state index in [1.54, 1.807) is 41.5 Å². The lowest BCUT2D eigenvalue weighted by Crippen LogP contribution is -2.30. The van der Waals surface area contributed by atoms with Gasteiger partial charge in [-0.15, -0.1) is 0 Å². The van der Waals surface area contributed by atoms with Gasteiger partial charge in [0.15, 0.2) is 0 Å². The third kappa shape index (κ3) is 4.99. The summed E-state index contributed by atoms with van der Waals surface area (Å²) >= 11 is 0. The van der Waals surface area contributed by atoms with Gasteiger partial charge in [-0.25, -0.2) is 4.39 Å². The Morgan fingerprint density at radius 3 is 2.48 bits per heavy atom. The number of rotatable bonds is 6. The molecule has 1 unspecified atom stereocenters. The lowest BCUT2D eigenvalue weighted by Gasteiger charge is -2.21. The van der Waals surface area contributed by atoms with Gasteiger partial charge in [-0.05, 0) is 42.3 Å². The molecule has 0 fully saturated rings. The molecule has 0 saturated heterocycles. The number of carbonyl (C=O) groups is 1. The molecule has 0 aliphatic carbocycles. The zero-order chi connectivity index (χ0) is 16.8. The van der Waals surface area contributed by atoms with Crippen molar-refractivity contribution in [3.63, 3.8) is 0 Å². The van der Waals surface area contributed by atoms with Crippen LogP contribution in [0, 0.1) is 5.82 Å². The molecule has 2 rings (SSSR count). The molecule has 0 spiro atoms. The second kappa shape index (κ2) is 8.02. The first kappa shape index (κ1) is 17.3. The molecular weight excluding hydrogens is 313 g/mol. The number of hydrogen-bond donors (Lipinski definition) is 0. The van der Waals surface area contributed by atoms with E-state index >= 15 is 0 Å². The molecule has 0 aromatic heterocycles. The number of hydrogen-bond acceptors (Lipinski definition) is 2. The van der Waals surface area contributed by atoms with Crippen LogP contribution < -0.4 is 0 Å². The predicted octanol–water partition coefficient (Wildman–Crippen LogP) is 3.37. The molecule has 23 heavy (non-hydrogen) atoms. The van der Waals surface area contributed by atoms with E-state index in [1.165, 1.54) is 12.1 Å². The van der Waals surface area contributed by atoms with Gasteiger partial charge < -0.3 is 4.90 Å². The molecule has 0 aliphatic rings. The van der Waals surface area contributed by atoms with Crippen LogP contribution in [0.2, 0.25) is 0 Å². The Hall–Kier alpha value is -2.01. The molecule has 0 aliphatic heterocycles. The summed E-state index contributed by atoms with van der Waals surface area (Å²) in [5.41, 5.74) is 2.19. The van der Waals surface area contributed by atoms with Crippen molar-refractivity contribution in [2.24, 2.45) is 0 Å². The first-order valence-corrected chi connectivity index (χ1v) is 9.15. The van der Waals surface area contributed by atoms with Crippen LogP contribution in [0.15, 0.2) is 48.5 Å². The van der Waals surface area contributed by atoms with Gasteiger partial charge in [-0.3, -0.25) is 9.00 Å². The molecule has 0 bridgehead atoms. The third-order valence-corrected chi connectivity index (χ3v) is 4.22. The van der Waals surface area contributed by atoms with Crippen molar-refractivity contribution in [2.45, 2.75) is 19.2 Å². The highest BCUT2D eigenvalue weighted by atomic mass is 32.2. The van der Waals surface area contributed by atoms with Gasteiger partial charge in [0.25, 0.3) is 5.91 Å². The fraction of sp³-hybridized carbons (Fsp3) is 0.278. The van der Waals surface area contributed by atoms with Gasteiger partial charge in [0.05, 0.1) is 0 Å². The number of halogens is 1. The standard InChI is InChI=1S/C18H20FNO2S/c1-3-20(12-14-6-5-9-17(19)11-14)18(21)16-8-4-7-15(10-16)13-23(2)22/h4-11H,3,12-13H2,1-2H3. The Morgan fingerprint density at radius 1 is 1.13 bits per heavy atom. The van der Waals surface area contributed by atoms with Gasteiger partial charge in [0.2, 0.25) is 0 Å². The topological polar surface area (TPSA) is 37.4 Å². The quantitative estimate of drug-likeness (QED) is 0.813. The second-order valence-corrected chi connectivity index (χ2v) is 6.80. The van der Waals surface area contributed by atoms with Crippen molar-refractivity contribution in [2.75, 3.05) is 12.8 Å². The Balaban J connectivity index is 2.17. The molecule has 122 valence electrons. The minimum Gasteiger partial charge on any atom is -0.335 e. The van der Waals surface area contributed by atoms with Crippen LogP contribution in [0.5, 0.6) is 0 Å². The minimum absolute atomic E-state index is 0.111. The summed E-state index contributed by atoms with van der Waals surface area (Å²) in [6, 6.07) is 13.4. The fourth-order valence-corrected chi connectivity index (χ4v) is 3.04. The normalized spacial score (nSPS) is 12.0. The maximum absolute atomic E-state index is 13.3. The highest BCUT2D eigenvalue weighted by Gasteiger charge is 2.15. The van der Waals surface area contributed by atoms with Crippen molar-refractivity contribution in [3.8, 4) is 0 Å². The third-order valence-electron chi connectivity index (χ3n) is 3.48. The van der Waals surface area contributed by atoms with Crippen molar-refractivity contribution < 1.29 is 13.4 Å². The molecule has 0 heterocycles. The van der Waals surface area contributed by atoms with Gasteiger partial charge >= 0.3 is 0 Å². The Kier molecular flexibility index (Phi) is 6.04. The summed E-state index contributed by atoms with van der Waals surface area (Å²) in [7, 11) is -0.951. The number of nitrogens with zero attached hydrogens (tertiary/aromatic N) is 1. The molecule has 2 aromatic rings. The van der Waals surface area contributed by atoms with Crippen molar-refractivity contribution in [1.82, 2.24) is 4.90 Å². The van der Waals surface area contributed by atoms with E-state index in [-0.39, 0.29) is 11.7 Å². The molecule has 5 heteroatoms. The lowest BCUT2D eigenvalue weighted by atomic mass is 10.1. The first-order chi connectivity index (χ1) is 11.0. The van der Waals surface area contributed by atoms with Gasteiger partial charge in [-0.2, -0.15) is 0 Å². The van der Waals surface area contributed by atoms with E-state index in [4.69, 9.17) is 0 Å². The van der Waals surface area contributed by atoms with Crippen LogP contribution in [0.25, 0.3) is 0 Å². The van der Waals surface area contributed by atoms with E-state index in [0.29, 0.717) is 24.4 Å². The highest BCUT2D eigenvalue weighted by molar-refractivity contribution is 7.83. The smallest absolute Gasteiger partial charge is 0.254 e.